The zero-order valence-corrected chi connectivity index (χ0v) is 26.4. The number of ether oxygens (including phenoxy) is 2. The molecule has 2 saturated heterocycles. The summed E-state index contributed by atoms with van der Waals surface area (Å²) in [6, 6.07) is 6.92. The van der Waals surface area contributed by atoms with E-state index in [-0.39, 0.29) is 34.6 Å². The van der Waals surface area contributed by atoms with Gasteiger partial charge < -0.3 is 29.0 Å². The molecule has 1 N–H and O–H groups in total. The minimum absolute atomic E-state index is 0.0505. The molecule has 0 aromatic heterocycles. The van der Waals surface area contributed by atoms with Crippen molar-refractivity contribution >= 4 is 19.1 Å². The summed E-state index contributed by atoms with van der Waals surface area (Å²) in [5.74, 6) is 1.57. The Kier molecular flexibility index (Phi) is 7.72. The van der Waals surface area contributed by atoms with Gasteiger partial charge in [-0.2, -0.15) is 0 Å². The van der Waals surface area contributed by atoms with E-state index in [9.17, 15) is 9.59 Å². The molecule has 2 bridgehead atoms. The molecule has 6 rings (SSSR count). The largest absolute Gasteiger partial charge is 0.488 e. The molecule has 9 heteroatoms. The molecule has 0 radical (unpaired) electrons. The van der Waals surface area contributed by atoms with Crippen LogP contribution in [0.1, 0.15) is 93.6 Å². The van der Waals surface area contributed by atoms with Crippen molar-refractivity contribution in [3.8, 4) is 5.75 Å². The van der Waals surface area contributed by atoms with Crippen LogP contribution < -0.4 is 10.1 Å². The first-order chi connectivity index (χ1) is 19.0. The van der Waals surface area contributed by atoms with Crippen LogP contribution in [-0.2, 0) is 25.3 Å². The molecule has 2 heterocycles. The highest BCUT2D eigenvalue weighted by Gasteiger charge is 2.68. The van der Waals surface area contributed by atoms with Crippen molar-refractivity contribution in [2.75, 3.05) is 6.54 Å². The standard InChI is InChI=1S/C32H49BN2O6/c1-29(2,3)38-22-14-12-20(13-15-22)17-24(34-28(37)39-30(4,5)6)27(36)35-16-10-11-25(35)33-40-26-23-18-21(31(23,7)8)19-32(26,9)41-33/h12-15,21,23-26H,10-11,16-19H2,1-9H3,(H,34,37)/t21-,23+,24+,25+,26-,32+/m1/s1. The van der Waals surface area contributed by atoms with Gasteiger partial charge in [0.05, 0.1) is 17.6 Å². The highest BCUT2D eigenvalue weighted by molar-refractivity contribution is 6.48. The van der Waals surface area contributed by atoms with Crippen LogP contribution in [0.25, 0.3) is 0 Å². The van der Waals surface area contributed by atoms with E-state index in [4.69, 9.17) is 18.8 Å². The van der Waals surface area contributed by atoms with E-state index in [1.165, 1.54) is 6.42 Å². The van der Waals surface area contributed by atoms with Crippen molar-refractivity contribution in [1.82, 2.24) is 10.2 Å². The quantitative estimate of drug-likeness (QED) is 0.453. The predicted octanol–water partition coefficient (Wildman–Crippen LogP) is 5.56. The summed E-state index contributed by atoms with van der Waals surface area (Å²) in [6.45, 7) is 18.9. The summed E-state index contributed by atoms with van der Waals surface area (Å²) >= 11 is 0. The second-order valence-corrected chi connectivity index (χ2v) is 15.4. The zero-order chi connectivity index (χ0) is 30.0. The summed E-state index contributed by atoms with van der Waals surface area (Å²) < 4.78 is 24.8. The molecule has 5 aliphatic rings. The Morgan fingerprint density at radius 3 is 2.39 bits per heavy atom. The SMILES string of the molecule is CC(C)(C)OC(=O)N[C@@H](Cc1ccc(OC(C)(C)C)cc1)C(=O)N1CCC[C@H]1B1O[C@@H]2[C@@H]3C[C@H](C[C@]2(C)O1)C3(C)C. The lowest BCUT2D eigenvalue weighted by molar-refractivity contribution is -0.185. The number of likely N-dealkylation sites (tertiary alicyclic amines) is 1. The van der Waals surface area contributed by atoms with Gasteiger partial charge in [0, 0.05) is 13.0 Å². The number of carbonyl (C=O) groups is 2. The first kappa shape index (κ1) is 30.2. The van der Waals surface area contributed by atoms with E-state index in [0.717, 1.165) is 30.6 Å². The molecule has 1 aromatic carbocycles. The molecular formula is C32H49BN2O6. The lowest BCUT2D eigenvalue weighted by Crippen LogP contribution is -2.63. The fourth-order valence-electron chi connectivity index (χ4n) is 7.39. The monoisotopic (exact) mass is 568 g/mol. The normalized spacial score (nSPS) is 31.2. The third-order valence-corrected chi connectivity index (χ3v) is 9.50. The molecule has 0 spiro atoms. The first-order valence-electron chi connectivity index (χ1n) is 15.4. The van der Waals surface area contributed by atoms with Crippen molar-refractivity contribution in [3.05, 3.63) is 29.8 Å². The average molecular weight is 569 g/mol. The molecular weight excluding hydrogens is 519 g/mol. The second kappa shape index (κ2) is 10.5. The molecule has 3 aliphatic carbocycles. The molecule has 5 fully saturated rings. The van der Waals surface area contributed by atoms with E-state index >= 15 is 0 Å². The minimum Gasteiger partial charge on any atom is -0.488 e. The van der Waals surface area contributed by atoms with Gasteiger partial charge in [0.1, 0.15) is 23.0 Å². The highest BCUT2D eigenvalue weighted by atomic mass is 16.7. The van der Waals surface area contributed by atoms with Crippen molar-refractivity contribution in [2.45, 2.75) is 129 Å². The summed E-state index contributed by atoms with van der Waals surface area (Å²) in [7, 11) is -0.456. The topological polar surface area (TPSA) is 86.3 Å². The van der Waals surface area contributed by atoms with E-state index in [2.05, 4.69) is 26.1 Å². The van der Waals surface area contributed by atoms with Crippen LogP contribution in [0, 0.1) is 17.3 Å². The van der Waals surface area contributed by atoms with E-state index < -0.39 is 24.9 Å². The Bertz CT molecular complexity index is 1140. The number of benzene rings is 1. The van der Waals surface area contributed by atoms with Gasteiger partial charge in [-0.1, -0.05) is 26.0 Å². The lowest BCUT2D eigenvalue weighted by atomic mass is 9.45. The first-order valence-corrected chi connectivity index (χ1v) is 15.4. The van der Waals surface area contributed by atoms with Crippen LogP contribution in [-0.4, -0.2) is 65.5 Å². The Morgan fingerprint density at radius 2 is 1.78 bits per heavy atom. The molecule has 3 saturated carbocycles. The van der Waals surface area contributed by atoms with Crippen molar-refractivity contribution in [1.29, 1.82) is 0 Å². The maximum absolute atomic E-state index is 14.2. The number of carbonyl (C=O) groups excluding carboxylic acids is 2. The van der Waals surface area contributed by atoms with E-state index in [1.807, 2.05) is 70.7 Å². The van der Waals surface area contributed by atoms with Gasteiger partial charge in [0.2, 0.25) is 5.91 Å². The number of rotatable bonds is 6. The van der Waals surface area contributed by atoms with Crippen molar-refractivity contribution in [2.24, 2.45) is 17.3 Å². The Hall–Kier alpha value is -2.26. The Labute approximate surface area is 246 Å². The molecule has 6 atom stereocenters. The molecule has 8 nitrogen and oxygen atoms in total. The van der Waals surface area contributed by atoms with Gasteiger partial charge in [-0.15, -0.1) is 0 Å². The van der Waals surface area contributed by atoms with Crippen LogP contribution in [0.4, 0.5) is 4.79 Å². The Balaban J connectivity index is 1.32. The third kappa shape index (κ3) is 6.26. The summed E-state index contributed by atoms with van der Waals surface area (Å²) in [6.07, 6.45) is 3.66. The summed E-state index contributed by atoms with van der Waals surface area (Å²) in [4.78, 5) is 28.9. The van der Waals surface area contributed by atoms with Gasteiger partial charge in [-0.3, -0.25) is 4.79 Å². The summed E-state index contributed by atoms with van der Waals surface area (Å²) in [5.41, 5.74) is -0.103. The molecule has 0 unspecified atom stereocenters. The van der Waals surface area contributed by atoms with Gasteiger partial charge in [-0.25, -0.2) is 4.79 Å². The maximum atomic E-state index is 14.2. The van der Waals surface area contributed by atoms with Gasteiger partial charge >= 0.3 is 13.2 Å². The number of alkyl carbamates (subject to hydrolysis) is 1. The van der Waals surface area contributed by atoms with Crippen LogP contribution in [0.15, 0.2) is 24.3 Å². The number of nitrogens with one attached hydrogen (secondary N) is 1. The van der Waals surface area contributed by atoms with Crippen LogP contribution >= 0.6 is 0 Å². The van der Waals surface area contributed by atoms with Crippen molar-refractivity contribution < 1.29 is 28.4 Å². The van der Waals surface area contributed by atoms with Gasteiger partial charge in [0.15, 0.2) is 0 Å². The number of nitrogens with zero attached hydrogens (tertiary/aromatic N) is 1. The summed E-state index contributed by atoms with van der Waals surface area (Å²) in [5, 5.41) is 2.88. The van der Waals surface area contributed by atoms with Gasteiger partial charge in [0.25, 0.3) is 0 Å². The van der Waals surface area contributed by atoms with Crippen molar-refractivity contribution in [3.63, 3.8) is 0 Å². The number of amides is 2. The van der Waals surface area contributed by atoms with E-state index in [0.29, 0.717) is 24.8 Å². The predicted molar refractivity (Wildman–Crippen MR) is 159 cm³/mol. The smallest absolute Gasteiger partial charge is 0.481 e. The number of hydrogen-bond acceptors (Lipinski definition) is 6. The highest BCUT2D eigenvalue weighted by Crippen LogP contribution is 2.65. The fraction of sp³-hybridized carbons (Fsp3) is 0.750. The molecule has 226 valence electrons. The van der Waals surface area contributed by atoms with Crippen LogP contribution in [0.5, 0.6) is 5.75 Å². The second-order valence-electron chi connectivity index (χ2n) is 15.4. The zero-order valence-electron chi connectivity index (χ0n) is 26.4. The Morgan fingerprint density at radius 1 is 1.10 bits per heavy atom. The fourth-order valence-corrected chi connectivity index (χ4v) is 7.39. The van der Waals surface area contributed by atoms with Gasteiger partial charge in [-0.05, 0) is 109 Å². The average Bonchev–Trinajstić information content (AvgIpc) is 3.46. The van der Waals surface area contributed by atoms with Crippen LogP contribution in [0.3, 0.4) is 0 Å². The number of hydrogen-bond donors (Lipinski definition) is 1. The molecule has 41 heavy (non-hydrogen) atoms. The van der Waals surface area contributed by atoms with Crippen LogP contribution in [0.2, 0.25) is 0 Å². The molecule has 2 aliphatic heterocycles. The minimum atomic E-state index is -0.786. The lowest BCUT2D eigenvalue weighted by Gasteiger charge is -2.63. The maximum Gasteiger partial charge on any atom is 0.481 e. The third-order valence-electron chi connectivity index (χ3n) is 9.50. The molecule has 1 aromatic rings. The molecule has 2 amide bonds. The van der Waals surface area contributed by atoms with E-state index in [1.54, 1.807) is 0 Å².